The average molecular weight is 230 g/mol. The monoisotopic (exact) mass is 230 g/mol. The summed E-state index contributed by atoms with van der Waals surface area (Å²) in [6.07, 6.45) is 2.86. The summed E-state index contributed by atoms with van der Waals surface area (Å²) in [5.74, 6) is -0.835. The van der Waals surface area contributed by atoms with E-state index in [-0.39, 0.29) is 6.42 Å². The highest BCUT2D eigenvalue weighted by Gasteiger charge is 2.36. The SMILES string of the molecule is N#CC1(Nc2ccc(CC(=O)O)cc2)CCC1. The van der Waals surface area contributed by atoms with E-state index in [9.17, 15) is 4.79 Å². The molecule has 1 aliphatic rings. The highest BCUT2D eigenvalue weighted by atomic mass is 16.4. The van der Waals surface area contributed by atoms with Crippen LogP contribution in [-0.4, -0.2) is 16.6 Å². The molecular weight excluding hydrogens is 216 g/mol. The average Bonchev–Trinajstić information content (AvgIpc) is 2.25. The summed E-state index contributed by atoms with van der Waals surface area (Å²) < 4.78 is 0. The Bertz CT molecular complexity index is 455. The molecule has 0 spiro atoms. The molecule has 88 valence electrons. The van der Waals surface area contributed by atoms with Gasteiger partial charge in [-0.15, -0.1) is 0 Å². The molecule has 2 N–H and O–H groups in total. The first kappa shape index (κ1) is 11.5. The molecule has 0 unspecified atom stereocenters. The molecule has 4 nitrogen and oxygen atoms in total. The summed E-state index contributed by atoms with van der Waals surface area (Å²) in [7, 11) is 0. The van der Waals surface area contributed by atoms with Crippen LogP contribution >= 0.6 is 0 Å². The fraction of sp³-hybridized carbons (Fsp3) is 0.385. The minimum Gasteiger partial charge on any atom is -0.481 e. The Balaban J connectivity index is 2.03. The third-order valence-corrected chi connectivity index (χ3v) is 3.11. The fourth-order valence-electron chi connectivity index (χ4n) is 1.95. The zero-order chi connectivity index (χ0) is 12.3. The van der Waals surface area contributed by atoms with Gasteiger partial charge in [-0.2, -0.15) is 5.26 Å². The van der Waals surface area contributed by atoms with Crippen LogP contribution in [0, 0.1) is 11.3 Å². The maximum absolute atomic E-state index is 10.5. The Morgan fingerprint density at radius 3 is 2.47 bits per heavy atom. The number of nitrogens with one attached hydrogen (secondary N) is 1. The summed E-state index contributed by atoms with van der Waals surface area (Å²) in [4.78, 5) is 10.5. The van der Waals surface area contributed by atoms with Gasteiger partial charge in [-0.25, -0.2) is 0 Å². The van der Waals surface area contributed by atoms with Crippen LogP contribution in [-0.2, 0) is 11.2 Å². The van der Waals surface area contributed by atoms with Crippen molar-refractivity contribution in [3.05, 3.63) is 29.8 Å². The lowest BCUT2D eigenvalue weighted by Crippen LogP contribution is -2.43. The van der Waals surface area contributed by atoms with Gasteiger partial charge < -0.3 is 10.4 Å². The Morgan fingerprint density at radius 2 is 2.06 bits per heavy atom. The number of carboxylic acid groups (broad SMARTS) is 1. The number of benzene rings is 1. The zero-order valence-corrected chi connectivity index (χ0v) is 9.44. The van der Waals surface area contributed by atoms with Crippen LogP contribution in [0.4, 0.5) is 5.69 Å². The van der Waals surface area contributed by atoms with Crippen molar-refractivity contribution in [3.8, 4) is 6.07 Å². The molecule has 0 amide bonds. The van der Waals surface area contributed by atoms with Crippen molar-refractivity contribution in [3.63, 3.8) is 0 Å². The molecule has 0 heterocycles. The van der Waals surface area contributed by atoms with E-state index in [1.54, 1.807) is 12.1 Å². The number of anilines is 1. The van der Waals surface area contributed by atoms with Crippen LogP contribution in [0.2, 0.25) is 0 Å². The van der Waals surface area contributed by atoms with Crippen LogP contribution < -0.4 is 5.32 Å². The predicted molar refractivity (Wildman–Crippen MR) is 63.6 cm³/mol. The van der Waals surface area contributed by atoms with Gasteiger partial charge >= 0.3 is 5.97 Å². The van der Waals surface area contributed by atoms with Gasteiger partial charge in [0.25, 0.3) is 0 Å². The van der Waals surface area contributed by atoms with E-state index >= 15 is 0 Å². The van der Waals surface area contributed by atoms with Crippen LogP contribution in [0.3, 0.4) is 0 Å². The van der Waals surface area contributed by atoms with Crippen molar-refractivity contribution < 1.29 is 9.90 Å². The van der Waals surface area contributed by atoms with Gasteiger partial charge in [0.05, 0.1) is 12.5 Å². The highest BCUT2D eigenvalue weighted by Crippen LogP contribution is 2.34. The van der Waals surface area contributed by atoms with Crippen LogP contribution in [0.5, 0.6) is 0 Å². The van der Waals surface area contributed by atoms with Crippen molar-refractivity contribution >= 4 is 11.7 Å². The summed E-state index contributed by atoms with van der Waals surface area (Å²) in [6.45, 7) is 0. The number of nitriles is 1. The molecule has 1 fully saturated rings. The normalized spacial score (nSPS) is 16.6. The molecule has 1 aromatic carbocycles. The number of aliphatic carboxylic acids is 1. The van der Waals surface area contributed by atoms with Gasteiger partial charge in [-0.1, -0.05) is 12.1 Å². The Labute approximate surface area is 99.9 Å². The highest BCUT2D eigenvalue weighted by molar-refractivity contribution is 5.70. The zero-order valence-electron chi connectivity index (χ0n) is 9.44. The number of nitrogens with zero attached hydrogens (tertiary/aromatic N) is 1. The second-order valence-corrected chi connectivity index (χ2v) is 4.44. The van der Waals surface area contributed by atoms with Gasteiger partial charge in [0.1, 0.15) is 5.54 Å². The van der Waals surface area contributed by atoms with E-state index in [1.165, 1.54) is 0 Å². The first-order valence-electron chi connectivity index (χ1n) is 5.64. The number of hydrogen-bond acceptors (Lipinski definition) is 3. The summed E-state index contributed by atoms with van der Waals surface area (Å²) >= 11 is 0. The Morgan fingerprint density at radius 1 is 1.41 bits per heavy atom. The number of carbonyl (C=O) groups is 1. The second-order valence-electron chi connectivity index (χ2n) is 4.44. The number of hydrogen-bond donors (Lipinski definition) is 2. The third kappa shape index (κ3) is 2.56. The molecule has 1 aliphatic carbocycles. The van der Waals surface area contributed by atoms with Gasteiger partial charge in [0.2, 0.25) is 0 Å². The van der Waals surface area contributed by atoms with E-state index in [2.05, 4.69) is 11.4 Å². The molecule has 17 heavy (non-hydrogen) atoms. The molecule has 0 radical (unpaired) electrons. The van der Waals surface area contributed by atoms with Crippen LogP contribution in [0.25, 0.3) is 0 Å². The summed E-state index contributed by atoms with van der Waals surface area (Å²) in [6, 6.07) is 9.52. The predicted octanol–water partition coefficient (Wildman–Crippen LogP) is 2.17. The molecule has 1 aromatic rings. The standard InChI is InChI=1S/C13H14N2O2/c14-9-13(6-1-7-13)15-11-4-2-10(3-5-11)8-12(16)17/h2-5,15H,1,6-8H2,(H,16,17). The second kappa shape index (κ2) is 4.46. The van der Waals surface area contributed by atoms with Crippen molar-refractivity contribution in [2.24, 2.45) is 0 Å². The van der Waals surface area contributed by atoms with Gasteiger partial charge in [0.15, 0.2) is 0 Å². The van der Waals surface area contributed by atoms with E-state index in [4.69, 9.17) is 10.4 Å². The van der Waals surface area contributed by atoms with Gasteiger partial charge in [-0.3, -0.25) is 4.79 Å². The van der Waals surface area contributed by atoms with Crippen molar-refractivity contribution in [2.75, 3.05) is 5.32 Å². The summed E-state index contributed by atoms with van der Waals surface area (Å²) in [5, 5.41) is 20.9. The number of rotatable bonds is 4. The van der Waals surface area contributed by atoms with Gasteiger partial charge in [-0.05, 0) is 37.0 Å². The maximum atomic E-state index is 10.5. The van der Waals surface area contributed by atoms with Crippen LogP contribution in [0.15, 0.2) is 24.3 Å². The molecule has 4 heteroatoms. The summed E-state index contributed by atoms with van der Waals surface area (Å²) in [5.41, 5.74) is 1.23. The van der Waals surface area contributed by atoms with E-state index < -0.39 is 11.5 Å². The number of carboxylic acids is 1. The molecule has 0 atom stereocenters. The first-order valence-corrected chi connectivity index (χ1v) is 5.64. The topological polar surface area (TPSA) is 73.1 Å². The van der Waals surface area contributed by atoms with Crippen molar-refractivity contribution in [1.29, 1.82) is 5.26 Å². The lowest BCUT2D eigenvalue weighted by Gasteiger charge is -2.36. The molecule has 0 aromatic heterocycles. The quantitative estimate of drug-likeness (QED) is 0.831. The lowest BCUT2D eigenvalue weighted by atomic mass is 9.78. The van der Waals surface area contributed by atoms with Crippen molar-refractivity contribution in [2.45, 2.75) is 31.2 Å². The van der Waals surface area contributed by atoms with E-state index in [0.29, 0.717) is 0 Å². The Kier molecular flexibility index (Phi) is 3.01. The minimum atomic E-state index is -0.835. The molecule has 1 saturated carbocycles. The molecule has 0 saturated heterocycles. The fourth-order valence-corrected chi connectivity index (χ4v) is 1.95. The van der Waals surface area contributed by atoms with E-state index in [0.717, 1.165) is 30.5 Å². The van der Waals surface area contributed by atoms with Gasteiger partial charge in [0, 0.05) is 5.69 Å². The smallest absolute Gasteiger partial charge is 0.307 e. The molecule has 0 aliphatic heterocycles. The molecule has 0 bridgehead atoms. The maximum Gasteiger partial charge on any atom is 0.307 e. The first-order chi connectivity index (χ1) is 8.13. The van der Waals surface area contributed by atoms with E-state index in [1.807, 2.05) is 12.1 Å². The molecular formula is C13H14N2O2. The van der Waals surface area contributed by atoms with Crippen molar-refractivity contribution in [1.82, 2.24) is 0 Å². The lowest BCUT2D eigenvalue weighted by molar-refractivity contribution is -0.136. The van der Waals surface area contributed by atoms with Crippen LogP contribution in [0.1, 0.15) is 24.8 Å². The molecule has 2 rings (SSSR count). The largest absolute Gasteiger partial charge is 0.481 e. The third-order valence-electron chi connectivity index (χ3n) is 3.11. The minimum absolute atomic E-state index is 0.0314. The Hall–Kier alpha value is -2.02.